The van der Waals surface area contributed by atoms with Crippen LogP contribution in [0.15, 0.2) is 66.7 Å². The molecule has 2 atom stereocenters. The molecule has 1 fully saturated rings. The van der Waals surface area contributed by atoms with Crippen molar-refractivity contribution in [1.29, 1.82) is 0 Å². The number of amides is 2. The maximum Gasteiger partial charge on any atom is 0.247 e. The lowest BCUT2D eigenvalue weighted by Crippen LogP contribution is -2.44. The Bertz CT molecular complexity index is 1560. The van der Waals surface area contributed by atoms with Crippen LogP contribution in [0, 0.1) is 6.92 Å². The normalized spacial score (nSPS) is 15.9. The van der Waals surface area contributed by atoms with E-state index in [0.29, 0.717) is 25.3 Å². The minimum absolute atomic E-state index is 0.0241. The summed E-state index contributed by atoms with van der Waals surface area (Å²) in [5.74, 6) is 1.26. The van der Waals surface area contributed by atoms with E-state index in [4.69, 9.17) is 14.5 Å². The van der Waals surface area contributed by atoms with E-state index in [-0.39, 0.29) is 30.3 Å². The lowest BCUT2D eigenvalue weighted by atomic mass is 10.0. The fourth-order valence-corrected chi connectivity index (χ4v) is 5.95. The molecule has 214 valence electrons. The number of aryl methyl sites for hydroxylation is 2. The lowest BCUT2D eigenvalue weighted by molar-refractivity contribution is -0.120. The van der Waals surface area contributed by atoms with Gasteiger partial charge in [0.15, 0.2) is 0 Å². The quantitative estimate of drug-likeness (QED) is 0.259. The summed E-state index contributed by atoms with van der Waals surface area (Å²) in [6.07, 6.45) is 1.13. The molecule has 1 aromatic heterocycles. The van der Waals surface area contributed by atoms with Gasteiger partial charge < -0.3 is 23.8 Å². The number of nitrogens with zero attached hydrogens (tertiary/aromatic N) is 4. The summed E-state index contributed by atoms with van der Waals surface area (Å²) in [6.45, 7) is 7.16. The number of para-hydroxylation sites is 3. The molecular formula is C33H38N4O4. The van der Waals surface area contributed by atoms with Crippen molar-refractivity contribution in [2.45, 2.75) is 52.1 Å². The number of hydrogen-bond donors (Lipinski definition) is 0. The summed E-state index contributed by atoms with van der Waals surface area (Å²) < 4.78 is 12.9. The molecule has 1 saturated heterocycles. The first kappa shape index (κ1) is 28.4. The summed E-state index contributed by atoms with van der Waals surface area (Å²) in [5.41, 5.74) is 5.59. The Balaban J connectivity index is 1.53. The van der Waals surface area contributed by atoms with Gasteiger partial charge in [-0.05, 0) is 55.7 Å². The van der Waals surface area contributed by atoms with Crippen LogP contribution < -0.4 is 14.5 Å². The Labute approximate surface area is 241 Å². The topological polar surface area (TPSA) is 76.9 Å². The van der Waals surface area contributed by atoms with Crippen LogP contribution in [0.25, 0.3) is 11.0 Å². The van der Waals surface area contributed by atoms with Gasteiger partial charge in [-0.15, -0.1) is 0 Å². The van der Waals surface area contributed by atoms with Crippen LogP contribution in [-0.4, -0.2) is 54.8 Å². The second-order valence-corrected chi connectivity index (χ2v) is 10.7. The smallest absolute Gasteiger partial charge is 0.247 e. The van der Waals surface area contributed by atoms with Crippen molar-refractivity contribution >= 4 is 34.2 Å². The highest BCUT2D eigenvalue weighted by molar-refractivity contribution is 5.98. The fourth-order valence-electron chi connectivity index (χ4n) is 5.95. The summed E-state index contributed by atoms with van der Waals surface area (Å²) in [7, 11) is 3.27. The molecule has 0 radical (unpaired) electrons. The molecule has 3 aromatic carbocycles. The standard InChI is InChI=1S/C33H38N4O4/c1-6-24-12-9-11-22(2)32(24)37(23(3)21-40-4)31(39)20-36-29-16-8-7-15-28(29)34-33(36)25-17-30(38)35(19-25)26-13-10-14-27(18-26)41-5/h7-16,18,23,25H,6,17,19-21H2,1-5H3/t23-,25+/m0/s1. The van der Waals surface area contributed by atoms with Gasteiger partial charge in [-0.2, -0.15) is 0 Å². The summed E-state index contributed by atoms with van der Waals surface area (Å²) in [5, 5.41) is 0. The highest BCUT2D eigenvalue weighted by Crippen LogP contribution is 2.35. The molecule has 2 amide bonds. The molecule has 8 heteroatoms. The van der Waals surface area contributed by atoms with E-state index in [9.17, 15) is 9.59 Å². The largest absolute Gasteiger partial charge is 0.497 e. The van der Waals surface area contributed by atoms with Crippen molar-refractivity contribution in [3.05, 3.63) is 83.7 Å². The lowest BCUT2D eigenvalue weighted by Gasteiger charge is -2.32. The van der Waals surface area contributed by atoms with Gasteiger partial charge in [0, 0.05) is 37.7 Å². The molecule has 0 unspecified atom stereocenters. The van der Waals surface area contributed by atoms with E-state index in [2.05, 4.69) is 13.0 Å². The SMILES string of the molecule is CCc1cccc(C)c1N(C(=O)Cn1c([C@@H]2CC(=O)N(c3cccc(OC)c3)C2)nc2ccccc21)[C@@H](C)COC. The van der Waals surface area contributed by atoms with Crippen molar-refractivity contribution in [2.75, 3.05) is 37.2 Å². The second-order valence-electron chi connectivity index (χ2n) is 10.7. The third kappa shape index (κ3) is 5.57. The number of hydrogen-bond acceptors (Lipinski definition) is 5. The van der Waals surface area contributed by atoms with Gasteiger partial charge in [0.1, 0.15) is 18.1 Å². The molecule has 5 rings (SSSR count). The van der Waals surface area contributed by atoms with Crippen LogP contribution in [0.3, 0.4) is 0 Å². The van der Waals surface area contributed by atoms with E-state index >= 15 is 0 Å². The summed E-state index contributed by atoms with van der Waals surface area (Å²) in [4.78, 5) is 36.2. The van der Waals surface area contributed by atoms with Crippen molar-refractivity contribution in [3.63, 3.8) is 0 Å². The zero-order valence-electron chi connectivity index (χ0n) is 24.5. The third-order valence-electron chi connectivity index (χ3n) is 7.89. The molecule has 0 N–H and O–H groups in total. The molecule has 2 heterocycles. The van der Waals surface area contributed by atoms with Crippen molar-refractivity contribution in [2.24, 2.45) is 0 Å². The highest BCUT2D eigenvalue weighted by atomic mass is 16.5. The molecule has 1 aliphatic heterocycles. The third-order valence-corrected chi connectivity index (χ3v) is 7.89. The Morgan fingerprint density at radius 1 is 1.10 bits per heavy atom. The van der Waals surface area contributed by atoms with Crippen molar-refractivity contribution < 1.29 is 19.1 Å². The number of rotatable bonds is 10. The van der Waals surface area contributed by atoms with Gasteiger partial charge in [0.25, 0.3) is 0 Å². The Morgan fingerprint density at radius 3 is 2.63 bits per heavy atom. The van der Waals surface area contributed by atoms with Crippen LogP contribution in [0.4, 0.5) is 11.4 Å². The zero-order chi connectivity index (χ0) is 29.1. The maximum absolute atomic E-state index is 14.3. The number of ether oxygens (including phenoxy) is 2. The molecule has 0 bridgehead atoms. The monoisotopic (exact) mass is 554 g/mol. The predicted octanol–water partition coefficient (Wildman–Crippen LogP) is 5.50. The minimum atomic E-state index is -0.172. The highest BCUT2D eigenvalue weighted by Gasteiger charge is 2.36. The maximum atomic E-state index is 14.3. The van der Waals surface area contributed by atoms with Crippen molar-refractivity contribution in [3.8, 4) is 5.75 Å². The fraction of sp³-hybridized carbons (Fsp3) is 0.364. The van der Waals surface area contributed by atoms with Gasteiger partial charge in [-0.25, -0.2) is 4.98 Å². The van der Waals surface area contributed by atoms with Crippen LogP contribution in [-0.2, 0) is 27.3 Å². The van der Waals surface area contributed by atoms with Crippen LogP contribution >= 0.6 is 0 Å². The number of methoxy groups -OCH3 is 2. The molecule has 41 heavy (non-hydrogen) atoms. The number of benzene rings is 3. The van der Waals surface area contributed by atoms with Gasteiger partial charge in [0.05, 0.1) is 36.5 Å². The molecule has 0 spiro atoms. The minimum Gasteiger partial charge on any atom is -0.497 e. The molecular weight excluding hydrogens is 516 g/mol. The number of carbonyl (C=O) groups is 2. The molecule has 8 nitrogen and oxygen atoms in total. The van der Waals surface area contributed by atoms with Crippen LogP contribution in [0.1, 0.15) is 43.1 Å². The van der Waals surface area contributed by atoms with Crippen LogP contribution in [0.2, 0.25) is 0 Å². The summed E-state index contributed by atoms with van der Waals surface area (Å²) in [6, 6.07) is 21.4. The Hall–Kier alpha value is -4.17. The predicted molar refractivity (Wildman–Crippen MR) is 162 cm³/mol. The molecule has 1 aliphatic rings. The van der Waals surface area contributed by atoms with E-state index in [0.717, 1.165) is 45.8 Å². The number of aromatic nitrogens is 2. The van der Waals surface area contributed by atoms with Gasteiger partial charge >= 0.3 is 0 Å². The first-order chi connectivity index (χ1) is 19.9. The first-order valence-electron chi connectivity index (χ1n) is 14.1. The second kappa shape index (κ2) is 12.1. The summed E-state index contributed by atoms with van der Waals surface area (Å²) >= 11 is 0. The zero-order valence-corrected chi connectivity index (χ0v) is 24.5. The Morgan fingerprint density at radius 2 is 1.88 bits per heavy atom. The Kier molecular flexibility index (Phi) is 8.40. The van der Waals surface area contributed by atoms with Crippen molar-refractivity contribution in [1.82, 2.24) is 9.55 Å². The number of carbonyl (C=O) groups excluding carboxylic acids is 2. The average molecular weight is 555 g/mol. The van der Waals surface area contributed by atoms with E-state index in [1.165, 1.54) is 0 Å². The number of fused-ring (bicyclic) bond motifs is 1. The molecule has 4 aromatic rings. The average Bonchev–Trinajstić information content (AvgIpc) is 3.54. The number of imidazole rings is 1. The van der Waals surface area contributed by atoms with Gasteiger partial charge in [-0.3, -0.25) is 9.59 Å². The van der Waals surface area contributed by atoms with E-state index < -0.39 is 0 Å². The van der Waals surface area contributed by atoms with E-state index in [1.807, 2.05) is 84.0 Å². The molecule has 0 aliphatic carbocycles. The van der Waals surface area contributed by atoms with Crippen LogP contribution in [0.5, 0.6) is 5.75 Å². The van der Waals surface area contributed by atoms with E-state index in [1.54, 1.807) is 19.1 Å². The molecule has 0 saturated carbocycles. The number of anilines is 2. The first-order valence-corrected chi connectivity index (χ1v) is 14.1. The van der Waals surface area contributed by atoms with Gasteiger partial charge in [-0.1, -0.05) is 43.3 Å². The van der Waals surface area contributed by atoms with Gasteiger partial charge in [0.2, 0.25) is 11.8 Å².